The number of hydrogen-bond acceptors (Lipinski definition) is 4. The lowest BCUT2D eigenvalue weighted by Crippen LogP contribution is -2.36. The maximum Gasteiger partial charge on any atom is 0.130 e. The lowest BCUT2D eigenvalue weighted by molar-refractivity contribution is 0.0906. The van der Waals surface area contributed by atoms with Crippen LogP contribution in [0.15, 0.2) is 30.5 Å². The van der Waals surface area contributed by atoms with Crippen molar-refractivity contribution >= 4 is 5.69 Å². The molecule has 0 spiro atoms. The number of ether oxygens (including phenoxy) is 1. The molecule has 0 saturated carbocycles. The fraction of sp³-hybridized carbons (Fsp3) is 0.375. The highest BCUT2D eigenvalue weighted by Gasteiger charge is 2.39. The van der Waals surface area contributed by atoms with Gasteiger partial charge in [-0.3, -0.25) is 4.68 Å². The SMILES string of the molecule is Cc1c(C)c2c(c(C)c1O)C[C@@](C)(Cn1nccc1-c1cccc3c1NCC3)O2. The summed E-state index contributed by atoms with van der Waals surface area (Å²) in [6, 6.07) is 8.55. The fourth-order valence-corrected chi connectivity index (χ4v) is 4.82. The second kappa shape index (κ2) is 6.28. The zero-order chi connectivity index (χ0) is 20.3. The zero-order valence-electron chi connectivity index (χ0n) is 17.5. The molecule has 2 aliphatic heterocycles. The summed E-state index contributed by atoms with van der Waals surface area (Å²) in [4.78, 5) is 0. The van der Waals surface area contributed by atoms with E-state index in [1.807, 2.05) is 27.0 Å². The van der Waals surface area contributed by atoms with Crippen LogP contribution in [0.2, 0.25) is 0 Å². The first-order chi connectivity index (χ1) is 13.9. The van der Waals surface area contributed by atoms with Gasteiger partial charge in [0.05, 0.1) is 12.2 Å². The van der Waals surface area contributed by atoms with E-state index in [-0.39, 0.29) is 0 Å². The number of hydrogen-bond donors (Lipinski definition) is 2. The smallest absolute Gasteiger partial charge is 0.130 e. The Kier molecular flexibility index (Phi) is 3.92. The minimum Gasteiger partial charge on any atom is -0.507 e. The summed E-state index contributed by atoms with van der Waals surface area (Å²) in [5.74, 6) is 1.32. The van der Waals surface area contributed by atoms with Crippen molar-refractivity contribution in [2.75, 3.05) is 11.9 Å². The minimum absolute atomic E-state index is 0.389. The molecule has 1 atom stereocenters. The first-order valence-electron chi connectivity index (χ1n) is 10.3. The monoisotopic (exact) mass is 389 g/mol. The number of nitrogens with zero attached hydrogens (tertiary/aromatic N) is 2. The Balaban J connectivity index is 1.50. The molecule has 3 aromatic rings. The van der Waals surface area contributed by atoms with Gasteiger partial charge in [0.15, 0.2) is 0 Å². The predicted molar refractivity (Wildman–Crippen MR) is 115 cm³/mol. The van der Waals surface area contributed by atoms with Gasteiger partial charge in [-0.1, -0.05) is 18.2 Å². The van der Waals surface area contributed by atoms with Crippen LogP contribution < -0.4 is 10.1 Å². The van der Waals surface area contributed by atoms with Gasteiger partial charge in [0.25, 0.3) is 0 Å². The quantitative estimate of drug-likeness (QED) is 0.690. The molecule has 2 aliphatic rings. The van der Waals surface area contributed by atoms with Crippen molar-refractivity contribution in [2.24, 2.45) is 0 Å². The Morgan fingerprint density at radius 3 is 2.83 bits per heavy atom. The number of aromatic nitrogens is 2. The lowest BCUT2D eigenvalue weighted by Gasteiger charge is -2.25. The molecule has 5 nitrogen and oxygen atoms in total. The van der Waals surface area contributed by atoms with E-state index < -0.39 is 5.60 Å². The fourth-order valence-electron chi connectivity index (χ4n) is 4.82. The first kappa shape index (κ1) is 18.1. The highest BCUT2D eigenvalue weighted by molar-refractivity contribution is 5.80. The Bertz CT molecular complexity index is 1090. The van der Waals surface area contributed by atoms with E-state index in [1.54, 1.807) is 0 Å². The Labute approximate surface area is 171 Å². The van der Waals surface area contributed by atoms with Gasteiger partial charge in [-0.15, -0.1) is 0 Å². The molecule has 2 N–H and O–H groups in total. The van der Waals surface area contributed by atoms with E-state index in [4.69, 9.17) is 4.74 Å². The molecule has 0 amide bonds. The van der Waals surface area contributed by atoms with Crippen molar-refractivity contribution in [1.82, 2.24) is 9.78 Å². The predicted octanol–water partition coefficient (Wildman–Crippen LogP) is 4.54. The van der Waals surface area contributed by atoms with Crippen molar-refractivity contribution < 1.29 is 9.84 Å². The summed E-state index contributed by atoms with van der Waals surface area (Å²) < 4.78 is 8.57. The molecule has 0 radical (unpaired) electrons. The second-order valence-electron chi connectivity index (χ2n) is 8.65. The van der Waals surface area contributed by atoms with Crippen molar-refractivity contribution in [3.05, 3.63) is 58.3 Å². The Morgan fingerprint density at radius 1 is 1.17 bits per heavy atom. The zero-order valence-corrected chi connectivity index (χ0v) is 17.5. The molecule has 2 aromatic carbocycles. The molecule has 150 valence electrons. The van der Waals surface area contributed by atoms with Crippen LogP contribution in [0.5, 0.6) is 11.5 Å². The number of phenolic OH excluding ortho intramolecular Hbond substituents is 1. The minimum atomic E-state index is -0.412. The molecule has 29 heavy (non-hydrogen) atoms. The van der Waals surface area contributed by atoms with Crippen LogP contribution in [0.4, 0.5) is 5.69 Å². The molecule has 0 fully saturated rings. The lowest BCUT2D eigenvalue weighted by atomic mass is 9.92. The van der Waals surface area contributed by atoms with E-state index >= 15 is 0 Å². The topological polar surface area (TPSA) is 59.3 Å². The van der Waals surface area contributed by atoms with Gasteiger partial charge in [-0.25, -0.2) is 0 Å². The van der Waals surface area contributed by atoms with Crippen molar-refractivity contribution in [3.8, 4) is 22.8 Å². The highest BCUT2D eigenvalue weighted by Crippen LogP contribution is 2.45. The van der Waals surface area contributed by atoms with Crippen LogP contribution >= 0.6 is 0 Å². The molecule has 0 unspecified atom stereocenters. The van der Waals surface area contributed by atoms with Crippen LogP contribution in [-0.4, -0.2) is 27.0 Å². The highest BCUT2D eigenvalue weighted by atomic mass is 16.5. The maximum absolute atomic E-state index is 10.5. The van der Waals surface area contributed by atoms with E-state index in [1.165, 1.54) is 16.8 Å². The number of nitrogens with one attached hydrogen (secondary N) is 1. The van der Waals surface area contributed by atoms with Gasteiger partial charge in [0.2, 0.25) is 0 Å². The van der Waals surface area contributed by atoms with Gasteiger partial charge in [-0.05, 0) is 62.4 Å². The van der Waals surface area contributed by atoms with Gasteiger partial charge < -0.3 is 15.2 Å². The normalized spacial score (nSPS) is 19.6. The van der Waals surface area contributed by atoms with Crippen molar-refractivity contribution in [1.29, 1.82) is 0 Å². The van der Waals surface area contributed by atoms with Crippen molar-refractivity contribution in [2.45, 2.75) is 52.7 Å². The summed E-state index contributed by atoms with van der Waals surface area (Å²) in [5, 5.41) is 18.6. The number of fused-ring (bicyclic) bond motifs is 2. The summed E-state index contributed by atoms with van der Waals surface area (Å²) in [7, 11) is 0. The third kappa shape index (κ3) is 2.71. The summed E-state index contributed by atoms with van der Waals surface area (Å²) in [6.45, 7) is 9.72. The summed E-state index contributed by atoms with van der Waals surface area (Å²) in [5.41, 5.74) is 8.44. The Hall–Kier alpha value is -2.95. The number of benzene rings is 2. The maximum atomic E-state index is 10.5. The molecule has 0 saturated heterocycles. The number of rotatable bonds is 3. The molecular weight excluding hydrogens is 362 g/mol. The number of para-hydroxylation sites is 1. The van der Waals surface area contributed by atoms with Gasteiger partial charge in [0.1, 0.15) is 17.1 Å². The summed E-state index contributed by atoms with van der Waals surface area (Å²) >= 11 is 0. The molecule has 5 rings (SSSR count). The van der Waals surface area contributed by atoms with Crippen molar-refractivity contribution in [3.63, 3.8) is 0 Å². The third-order valence-electron chi connectivity index (χ3n) is 6.56. The number of phenols is 1. The van der Waals surface area contributed by atoms with E-state index in [2.05, 4.69) is 46.3 Å². The van der Waals surface area contributed by atoms with Gasteiger partial charge in [-0.2, -0.15) is 5.10 Å². The average Bonchev–Trinajstić information content (AvgIpc) is 3.43. The van der Waals surface area contributed by atoms with Crippen LogP contribution in [0, 0.1) is 20.8 Å². The third-order valence-corrected chi connectivity index (χ3v) is 6.56. The largest absolute Gasteiger partial charge is 0.507 e. The van der Waals surface area contributed by atoms with E-state index in [0.29, 0.717) is 12.3 Å². The van der Waals surface area contributed by atoms with Crippen LogP contribution in [0.3, 0.4) is 0 Å². The van der Waals surface area contributed by atoms with Gasteiger partial charge >= 0.3 is 0 Å². The molecule has 0 aliphatic carbocycles. The number of anilines is 1. The van der Waals surface area contributed by atoms with E-state index in [0.717, 1.165) is 53.1 Å². The molecular formula is C24H27N3O2. The molecule has 3 heterocycles. The van der Waals surface area contributed by atoms with Gasteiger partial charge in [0, 0.05) is 36.0 Å². The van der Waals surface area contributed by atoms with E-state index in [9.17, 15) is 5.11 Å². The molecule has 5 heteroatoms. The van der Waals surface area contributed by atoms with Crippen LogP contribution in [-0.2, 0) is 19.4 Å². The molecule has 0 bridgehead atoms. The Morgan fingerprint density at radius 2 is 2.00 bits per heavy atom. The molecule has 1 aromatic heterocycles. The average molecular weight is 389 g/mol. The number of aromatic hydroxyl groups is 1. The summed E-state index contributed by atoms with van der Waals surface area (Å²) in [6.07, 6.45) is 3.68. The first-order valence-corrected chi connectivity index (χ1v) is 10.3. The van der Waals surface area contributed by atoms with Crippen LogP contribution in [0.1, 0.15) is 34.7 Å². The second-order valence-corrected chi connectivity index (χ2v) is 8.65. The van der Waals surface area contributed by atoms with Crippen LogP contribution in [0.25, 0.3) is 11.3 Å². The standard InChI is InChI=1S/C24H27N3O2/c1-14-15(2)23-19(16(3)22(14)28)12-24(4,29-23)13-27-20(9-11-26-27)18-7-5-6-17-8-10-25-21(17)18/h5-7,9,11,25,28H,8,10,12-13H2,1-4H3/t24-/m0/s1.